The van der Waals surface area contributed by atoms with Crippen LogP contribution in [-0.2, 0) is 16.6 Å². The maximum Gasteiger partial charge on any atom is 0.355 e. The van der Waals surface area contributed by atoms with E-state index in [1.807, 2.05) is 0 Å². The number of rotatable bonds is 6. The van der Waals surface area contributed by atoms with Crippen LogP contribution in [0.25, 0.3) is 0 Å². The van der Waals surface area contributed by atoms with Gasteiger partial charge >= 0.3 is 5.97 Å². The van der Waals surface area contributed by atoms with Crippen LogP contribution in [0.3, 0.4) is 0 Å². The number of carbonyl (C=O) groups is 2. The highest BCUT2D eigenvalue weighted by atomic mass is 32.1. The van der Waals surface area contributed by atoms with E-state index in [0.29, 0.717) is 23.5 Å². The van der Waals surface area contributed by atoms with E-state index in [0.717, 1.165) is 0 Å². The van der Waals surface area contributed by atoms with E-state index in [9.17, 15) is 14.0 Å². The minimum atomic E-state index is -1.07. The van der Waals surface area contributed by atoms with Crippen molar-refractivity contribution in [3.05, 3.63) is 51.7 Å². The quantitative estimate of drug-likeness (QED) is 0.850. The van der Waals surface area contributed by atoms with Crippen LogP contribution >= 0.6 is 11.3 Å². The number of hydrogen-bond donors (Lipinski definition) is 2. The molecule has 0 unspecified atom stereocenters. The summed E-state index contributed by atoms with van der Waals surface area (Å²) < 4.78 is 13.9. The fraction of sp³-hybridized carbons (Fsp3) is 0.312. The minimum absolute atomic E-state index is 0.00279. The Labute approximate surface area is 137 Å². The zero-order valence-electron chi connectivity index (χ0n) is 12.8. The van der Waals surface area contributed by atoms with E-state index in [2.05, 4.69) is 10.3 Å². The van der Waals surface area contributed by atoms with Gasteiger partial charge < -0.3 is 10.4 Å². The van der Waals surface area contributed by atoms with Gasteiger partial charge in [0.2, 0.25) is 5.91 Å². The molecule has 1 heterocycles. The number of benzene rings is 1. The predicted octanol–water partition coefficient (Wildman–Crippen LogP) is 2.62. The van der Waals surface area contributed by atoms with Gasteiger partial charge in [0.15, 0.2) is 5.69 Å². The highest BCUT2D eigenvalue weighted by Crippen LogP contribution is 2.25. The molecule has 0 spiro atoms. The van der Waals surface area contributed by atoms with Crippen LogP contribution in [-0.4, -0.2) is 28.5 Å². The summed E-state index contributed by atoms with van der Waals surface area (Å²) in [4.78, 5) is 27.0. The minimum Gasteiger partial charge on any atom is -0.476 e. The maximum absolute atomic E-state index is 13.9. The van der Waals surface area contributed by atoms with Crippen molar-refractivity contribution in [2.24, 2.45) is 0 Å². The summed E-state index contributed by atoms with van der Waals surface area (Å²) in [5.74, 6) is -1.78. The number of amides is 1. The Hall–Kier alpha value is -2.28. The van der Waals surface area contributed by atoms with Crippen LogP contribution in [0.2, 0.25) is 0 Å². The number of nitrogens with zero attached hydrogens (tertiary/aromatic N) is 1. The van der Waals surface area contributed by atoms with Crippen molar-refractivity contribution in [2.45, 2.75) is 25.7 Å². The van der Waals surface area contributed by atoms with Gasteiger partial charge in [0.05, 0.1) is 10.4 Å². The van der Waals surface area contributed by atoms with Gasteiger partial charge in [-0.15, -0.1) is 11.3 Å². The molecule has 0 saturated carbocycles. The van der Waals surface area contributed by atoms with Crippen molar-refractivity contribution in [1.29, 1.82) is 0 Å². The molecule has 0 aliphatic heterocycles. The maximum atomic E-state index is 13.9. The van der Waals surface area contributed by atoms with Crippen LogP contribution in [0.15, 0.2) is 29.6 Å². The zero-order valence-corrected chi connectivity index (χ0v) is 13.6. The number of carboxylic acid groups (broad SMARTS) is 1. The van der Waals surface area contributed by atoms with Gasteiger partial charge in [0.1, 0.15) is 5.82 Å². The summed E-state index contributed by atoms with van der Waals surface area (Å²) in [5, 5.41) is 13.7. The van der Waals surface area contributed by atoms with Gasteiger partial charge in [-0.3, -0.25) is 4.79 Å². The number of aromatic carboxylic acids is 1. The fourth-order valence-electron chi connectivity index (χ4n) is 2.12. The molecule has 0 bridgehead atoms. The third-order valence-corrected chi connectivity index (χ3v) is 4.42. The standard InChI is InChI=1S/C16H17FN2O3S/c1-16(2,10-5-3-4-6-11(10)17)15(22)18-8-7-13-19-12(9-23-13)14(20)21/h3-6,9H,7-8H2,1-2H3,(H,18,22)(H,20,21). The lowest BCUT2D eigenvalue weighted by molar-refractivity contribution is -0.125. The average Bonchev–Trinajstić information content (AvgIpc) is 2.96. The van der Waals surface area contributed by atoms with Crippen LogP contribution in [0.5, 0.6) is 0 Å². The Kier molecular flexibility index (Phi) is 5.10. The summed E-state index contributed by atoms with van der Waals surface area (Å²) in [6.07, 6.45) is 0.428. The number of hydrogen-bond acceptors (Lipinski definition) is 4. The average molecular weight is 336 g/mol. The van der Waals surface area contributed by atoms with Crippen molar-refractivity contribution in [3.8, 4) is 0 Å². The molecule has 2 aromatic rings. The largest absolute Gasteiger partial charge is 0.476 e. The van der Waals surface area contributed by atoms with Gasteiger partial charge in [0.25, 0.3) is 0 Å². The Morgan fingerprint density at radius 3 is 2.65 bits per heavy atom. The van der Waals surface area contributed by atoms with E-state index in [1.54, 1.807) is 32.0 Å². The lowest BCUT2D eigenvalue weighted by Gasteiger charge is -2.24. The van der Waals surface area contributed by atoms with E-state index < -0.39 is 17.2 Å². The highest BCUT2D eigenvalue weighted by Gasteiger charge is 2.31. The molecule has 0 aliphatic rings. The Bertz CT molecular complexity index is 728. The molecule has 122 valence electrons. The van der Waals surface area contributed by atoms with Gasteiger partial charge in [-0.05, 0) is 19.9 Å². The first-order valence-corrected chi connectivity index (χ1v) is 7.91. The molecule has 1 aromatic heterocycles. The molecule has 0 atom stereocenters. The first-order chi connectivity index (χ1) is 10.8. The molecule has 7 heteroatoms. The topological polar surface area (TPSA) is 79.3 Å². The number of carboxylic acids is 1. The summed E-state index contributed by atoms with van der Waals surface area (Å²) >= 11 is 1.23. The molecule has 2 rings (SSSR count). The van der Waals surface area contributed by atoms with Gasteiger partial charge in [-0.2, -0.15) is 0 Å². The molecule has 0 saturated heterocycles. The molecule has 0 aliphatic carbocycles. The molecule has 5 nitrogen and oxygen atoms in total. The summed E-state index contributed by atoms with van der Waals surface area (Å²) in [6, 6.07) is 6.19. The second-order valence-electron chi connectivity index (χ2n) is 5.54. The van der Waals surface area contributed by atoms with E-state index in [1.165, 1.54) is 22.8 Å². The van der Waals surface area contributed by atoms with E-state index in [-0.39, 0.29) is 11.6 Å². The highest BCUT2D eigenvalue weighted by molar-refractivity contribution is 7.09. The van der Waals surface area contributed by atoms with Crippen molar-refractivity contribution in [1.82, 2.24) is 10.3 Å². The monoisotopic (exact) mass is 336 g/mol. The van der Waals surface area contributed by atoms with Gasteiger partial charge in [-0.1, -0.05) is 18.2 Å². The van der Waals surface area contributed by atoms with Crippen LogP contribution in [0, 0.1) is 5.82 Å². The zero-order chi connectivity index (χ0) is 17.0. The molecule has 0 radical (unpaired) electrons. The smallest absolute Gasteiger partial charge is 0.355 e. The lowest BCUT2D eigenvalue weighted by atomic mass is 9.83. The first kappa shape index (κ1) is 17.1. The molecule has 23 heavy (non-hydrogen) atoms. The fourth-order valence-corrected chi connectivity index (χ4v) is 2.89. The van der Waals surface area contributed by atoms with Crippen LogP contribution in [0.4, 0.5) is 4.39 Å². The Morgan fingerprint density at radius 2 is 2.04 bits per heavy atom. The third kappa shape index (κ3) is 3.92. The Morgan fingerprint density at radius 1 is 1.35 bits per heavy atom. The molecular weight excluding hydrogens is 319 g/mol. The normalized spacial score (nSPS) is 11.3. The van der Waals surface area contributed by atoms with Crippen molar-refractivity contribution in [2.75, 3.05) is 6.54 Å². The summed E-state index contributed by atoms with van der Waals surface area (Å²) in [7, 11) is 0. The Balaban J connectivity index is 1.96. The second kappa shape index (κ2) is 6.87. The molecule has 0 fully saturated rings. The van der Waals surface area contributed by atoms with Crippen molar-refractivity contribution < 1.29 is 19.1 Å². The molecule has 1 amide bonds. The number of aromatic nitrogens is 1. The molecular formula is C16H17FN2O3S. The lowest BCUT2D eigenvalue weighted by Crippen LogP contribution is -2.41. The van der Waals surface area contributed by atoms with Crippen LogP contribution in [0.1, 0.15) is 34.9 Å². The van der Waals surface area contributed by atoms with Crippen molar-refractivity contribution >= 4 is 23.2 Å². The van der Waals surface area contributed by atoms with Crippen molar-refractivity contribution in [3.63, 3.8) is 0 Å². The molecule has 1 aromatic carbocycles. The summed E-state index contributed by atoms with van der Waals surface area (Å²) in [6.45, 7) is 3.63. The number of carbonyl (C=O) groups excluding carboxylic acids is 1. The van der Waals surface area contributed by atoms with Crippen LogP contribution < -0.4 is 5.32 Å². The summed E-state index contributed by atoms with van der Waals surface area (Å²) in [5.41, 5.74) is -0.664. The number of nitrogens with one attached hydrogen (secondary N) is 1. The third-order valence-electron chi connectivity index (χ3n) is 3.51. The second-order valence-corrected chi connectivity index (χ2v) is 6.49. The SMILES string of the molecule is CC(C)(C(=O)NCCc1nc(C(=O)O)cs1)c1ccccc1F. The first-order valence-electron chi connectivity index (χ1n) is 7.03. The van der Waals surface area contributed by atoms with E-state index >= 15 is 0 Å². The molecule has 2 N–H and O–H groups in total. The van der Waals surface area contributed by atoms with Gasteiger partial charge in [0, 0.05) is 23.9 Å². The number of halogens is 1. The predicted molar refractivity (Wildman–Crippen MR) is 85.2 cm³/mol. The number of thiazole rings is 1. The van der Waals surface area contributed by atoms with E-state index in [4.69, 9.17) is 5.11 Å². The van der Waals surface area contributed by atoms with Gasteiger partial charge in [-0.25, -0.2) is 14.2 Å².